The van der Waals surface area contributed by atoms with E-state index in [4.69, 9.17) is 11.6 Å². The lowest BCUT2D eigenvalue weighted by atomic mass is 10.3. The number of nitrogens with one attached hydrogen (secondary N) is 1. The summed E-state index contributed by atoms with van der Waals surface area (Å²) in [7, 11) is 0. The lowest BCUT2D eigenvalue weighted by Crippen LogP contribution is -2.05. The predicted octanol–water partition coefficient (Wildman–Crippen LogP) is 4.08. The van der Waals surface area contributed by atoms with Crippen molar-refractivity contribution in [1.82, 2.24) is 14.6 Å². The minimum absolute atomic E-state index is 0.271. The Kier molecular flexibility index (Phi) is 3.50. The minimum atomic E-state index is -4.48. The van der Waals surface area contributed by atoms with Crippen molar-refractivity contribution in [1.29, 1.82) is 0 Å². The molecule has 21 heavy (non-hydrogen) atoms. The highest BCUT2D eigenvalue weighted by molar-refractivity contribution is 7.16. The van der Waals surface area contributed by atoms with Crippen molar-refractivity contribution in [2.24, 2.45) is 0 Å². The zero-order valence-corrected chi connectivity index (χ0v) is 11.9. The lowest BCUT2D eigenvalue weighted by Gasteiger charge is -2.04. The molecular weight excluding hydrogens is 325 g/mol. The first kappa shape index (κ1) is 14.2. The van der Waals surface area contributed by atoms with Gasteiger partial charge in [-0.3, -0.25) is 0 Å². The Labute approximate surface area is 126 Å². The quantitative estimate of drug-likeness (QED) is 0.786. The SMILES string of the molecule is FC(F)(F)c1cc2c(NCc3ccc(Cl)s3)nccn2n1. The van der Waals surface area contributed by atoms with Gasteiger partial charge < -0.3 is 5.32 Å². The number of thiophene rings is 1. The molecule has 0 atom stereocenters. The molecule has 3 aromatic rings. The van der Waals surface area contributed by atoms with E-state index in [1.165, 1.54) is 23.7 Å². The molecule has 110 valence electrons. The zero-order valence-electron chi connectivity index (χ0n) is 10.4. The molecule has 0 radical (unpaired) electrons. The van der Waals surface area contributed by atoms with E-state index < -0.39 is 11.9 Å². The van der Waals surface area contributed by atoms with Crippen LogP contribution in [-0.4, -0.2) is 14.6 Å². The van der Waals surface area contributed by atoms with Gasteiger partial charge in [0.1, 0.15) is 5.52 Å². The molecule has 0 saturated carbocycles. The molecule has 0 aromatic carbocycles. The molecule has 3 heterocycles. The van der Waals surface area contributed by atoms with E-state index in [0.29, 0.717) is 16.7 Å². The van der Waals surface area contributed by atoms with Crippen LogP contribution in [0, 0.1) is 0 Å². The molecule has 0 bridgehead atoms. The highest BCUT2D eigenvalue weighted by atomic mass is 35.5. The minimum Gasteiger partial charge on any atom is -0.363 e. The molecule has 0 aliphatic rings. The number of hydrogen-bond donors (Lipinski definition) is 1. The maximum atomic E-state index is 12.7. The van der Waals surface area contributed by atoms with Crippen LogP contribution in [0.25, 0.3) is 5.52 Å². The summed E-state index contributed by atoms with van der Waals surface area (Å²) in [6, 6.07) is 4.58. The van der Waals surface area contributed by atoms with Gasteiger partial charge in [0.15, 0.2) is 11.5 Å². The van der Waals surface area contributed by atoms with Gasteiger partial charge in [-0.25, -0.2) is 9.50 Å². The van der Waals surface area contributed by atoms with Crippen molar-refractivity contribution >= 4 is 34.3 Å². The molecule has 0 unspecified atom stereocenters. The molecule has 3 aromatic heterocycles. The van der Waals surface area contributed by atoms with Crippen molar-refractivity contribution in [3.8, 4) is 0 Å². The van der Waals surface area contributed by atoms with E-state index in [9.17, 15) is 13.2 Å². The van der Waals surface area contributed by atoms with Gasteiger partial charge in [0.25, 0.3) is 0 Å². The van der Waals surface area contributed by atoms with Crippen LogP contribution >= 0.6 is 22.9 Å². The van der Waals surface area contributed by atoms with Crippen LogP contribution in [0.4, 0.5) is 19.0 Å². The zero-order chi connectivity index (χ0) is 15.0. The maximum absolute atomic E-state index is 12.7. The van der Waals surface area contributed by atoms with Crippen LogP contribution in [0.2, 0.25) is 4.34 Å². The Balaban J connectivity index is 1.89. The Hall–Kier alpha value is -1.80. The smallest absolute Gasteiger partial charge is 0.363 e. The number of nitrogens with zero attached hydrogens (tertiary/aromatic N) is 3. The summed E-state index contributed by atoms with van der Waals surface area (Å²) in [6.07, 6.45) is -1.72. The van der Waals surface area contributed by atoms with Crippen molar-refractivity contribution in [3.63, 3.8) is 0 Å². The average molecular weight is 333 g/mol. The van der Waals surface area contributed by atoms with Crippen molar-refractivity contribution in [2.75, 3.05) is 5.32 Å². The fraction of sp³-hybridized carbons (Fsp3) is 0.167. The molecular formula is C12H8ClF3N4S. The number of anilines is 1. The number of aromatic nitrogens is 3. The Morgan fingerprint density at radius 1 is 1.33 bits per heavy atom. The van der Waals surface area contributed by atoms with Crippen molar-refractivity contribution in [2.45, 2.75) is 12.7 Å². The van der Waals surface area contributed by atoms with Crippen molar-refractivity contribution in [3.05, 3.63) is 45.5 Å². The summed E-state index contributed by atoms with van der Waals surface area (Å²) >= 11 is 7.22. The average Bonchev–Trinajstić information content (AvgIpc) is 3.01. The van der Waals surface area contributed by atoms with Crippen LogP contribution in [0.5, 0.6) is 0 Å². The van der Waals surface area contributed by atoms with Gasteiger partial charge in [0, 0.05) is 23.3 Å². The normalized spacial score (nSPS) is 12.0. The third kappa shape index (κ3) is 2.96. The predicted molar refractivity (Wildman–Crippen MR) is 74.6 cm³/mol. The summed E-state index contributed by atoms with van der Waals surface area (Å²) < 4.78 is 39.9. The molecule has 0 aliphatic heterocycles. The Morgan fingerprint density at radius 3 is 2.81 bits per heavy atom. The van der Waals surface area contributed by atoms with Crippen LogP contribution in [0.15, 0.2) is 30.6 Å². The van der Waals surface area contributed by atoms with Gasteiger partial charge in [-0.2, -0.15) is 18.3 Å². The molecule has 1 N–H and O–H groups in total. The van der Waals surface area contributed by atoms with Gasteiger partial charge in [-0.05, 0) is 12.1 Å². The van der Waals surface area contributed by atoms with Crippen LogP contribution in [-0.2, 0) is 12.7 Å². The molecule has 0 spiro atoms. The summed E-state index contributed by atoms with van der Waals surface area (Å²) in [4.78, 5) is 5.01. The van der Waals surface area contributed by atoms with Gasteiger partial charge in [-0.1, -0.05) is 11.6 Å². The second-order valence-corrected chi connectivity index (χ2v) is 5.99. The van der Waals surface area contributed by atoms with E-state index in [0.717, 1.165) is 15.5 Å². The van der Waals surface area contributed by atoms with Crippen LogP contribution < -0.4 is 5.32 Å². The third-order valence-electron chi connectivity index (χ3n) is 2.74. The molecule has 0 fully saturated rings. The lowest BCUT2D eigenvalue weighted by molar-refractivity contribution is -0.141. The molecule has 9 heteroatoms. The van der Waals surface area contributed by atoms with Gasteiger partial charge in [0.05, 0.1) is 10.9 Å². The first-order valence-electron chi connectivity index (χ1n) is 5.83. The summed E-state index contributed by atoms with van der Waals surface area (Å²) in [5.41, 5.74) is -0.676. The van der Waals surface area contributed by atoms with Gasteiger partial charge in [0.2, 0.25) is 0 Å². The first-order chi connectivity index (χ1) is 9.93. The second-order valence-electron chi connectivity index (χ2n) is 4.19. The van der Waals surface area contributed by atoms with E-state index in [1.807, 2.05) is 6.07 Å². The number of fused-ring (bicyclic) bond motifs is 1. The van der Waals surface area contributed by atoms with Crippen LogP contribution in [0.1, 0.15) is 10.6 Å². The highest BCUT2D eigenvalue weighted by Crippen LogP contribution is 2.30. The molecule has 0 amide bonds. The molecule has 3 rings (SSSR count). The Bertz CT molecular complexity index is 780. The number of hydrogen-bond acceptors (Lipinski definition) is 4. The fourth-order valence-electron chi connectivity index (χ4n) is 1.81. The number of rotatable bonds is 3. The van der Waals surface area contributed by atoms with E-state index in [1.54, 1.807) is 6.07 Å². The van der Waals surface area contributed by atoms with E-state index in [2.05, 4.69) is 15.4 Å². The summed E-state index contributed by atoms with van der Waals surface area (Å²) in [5.74, 6) is 0.338. The topological polar surface area (TPSA) is 42.2 Å². The maximum Gasteiger partial charge on any atom is 0.435 e. The fourth-order valence-corrected chi connectivity index (χ4v) is 2.84. The summed E-state index contributed by atoms with van der Waals surface area (Å²) in [5, 5.41) is 6.49. The Morgan fingerprint density at radius 2 is 2.14 bits per heavy atom. The monoisotopic (exact) mass is 332 g/mol. The summed E-state index contributed by atoms with van der Waals surface area (Å²) in [6.45, 7) is 0.427. The standard InChI is InChI=1S/C12H8ClF3N4S/c13-10-2-1-7(21-10)6-18-11-8-5-9(12(14,15)16)19-20(8)4-3-17-11/h1-5H,6H2,(H,17,18). The first-order valence-corrected chi connectivity index (χ1v) is 7.02. The molecule has 0 saturated heterocycles. The van der Waals surface area contributed by atoms with Crippen molar-refractivity contribution < 1.29 is 13.2 Å². The number of alkyl halides is 3. The molecule has 4 nitrogen and oxygen atoms in total. The molecule has 0 aliphatic carbocycles. The largest absolute Gasteiger partial charge is 0.435 e. The van der Waals surface area contributed by atoms with E-state index >= 15 is 0 Å². The van der Waals surface area contributed by atoms with Gasteiger partial charge >= 0.3 is 6.18 Å². The van der Waals surface area contributed by atoms with E-state index in [-0.39, 0.29) is 5.52 Å². The highest BCUT2D eigenvalue weighted by Gasteiger charge is 2.34. The number of halogens is 4. The van der Waals surface area contributed by atoms with Crippen LogP contribution in [0.3, 0.4) is 0 Å². The second kappa shape index (κ2) is 5.19. The van der Waals surface area contributed by atoms with Gasteiger partial charge in [-0.15, -0.1) is 11.3 Å². The third-order valence-corrected chi connectivity index (χ3v) is 3.97.